The molecule has 2 atom stereocenters. The lowest BCUT2D eigenvalue weighted by atomic mass is 10.0. The average Bonchev–Trinajstić information content (AvgIpc) is 3.59. The van der Waals surface area contributed by atoms with Gasteiger partial charge < -0.3 is 29.7 Å². The maximum absolute atomic E-state index is 10.2. The first-order valence-corrected chi connectivity index (χ1v) is 13.0. The number of hydrogen-bond donors (Lipinski definition) is 3. The highest BCUT2D eigenvalue weighted by Crippen LogP contribution is 2.43. The number of benzene rings is 1. The van der Waals surface area contributed by atoms with Crippen LogP contribution in [-0.4, -0.2) is 48.9 Å². The van der Waals surface area contributed by atoms with E-state index in [2.05, 4.69) is 30.7 Å². The quantitative estimate of drug-likeness (QED) is 0.230. The summed E-state index contributed by atoms with van der Waals surface area (Å²) in [6, 6.07) is 16.4. The van der Waals surface area contributed by atoms with Gasteiger partial charge in [0, 0.05) is 36.8 Å². The van der Waals surface area contributed by atoms with Crippen LogP contribution in [0.5, 0.6) is 0 Å². The number of hydrogen-bond acceptors (Lipinski definition) is 12. The molecule has 5 heterocycles. The summed E-state index contributed by atoms with van der Waals surface area (Å²) in [6.07, 6.45) is 4.42. The molecule has 0 bridgehead atoms. The van der Waals surface area contributed by atoms with E-state index in [4.69, 9.17) is 24.0 Å². The Bertz CT molecular complexity index is 1650. The Labute approximate surface area is 235 Å². The van der Waals surface area contributed by atoms with Crippen molar-refractivity contribution < 1.29 is 19.1 Å². The number of aromatic nitrogens is 6. The van der Waals surface area contributed by atoms with E-state index >= 15 is 0 Å². The average molecular weight is 553 g/mol. The molecule has 0 saturated heterocycles. The molecule has 0 fully saturated rings. The van der Waals surface area contributed by atoms with Gasteiger partial charge >= 0.3 is 0 Å². The van der Waals surface area contributed by atoms with E-state index in [1.807, 2.05) is 56.3 Å². The largest absolute Gasteiger partial charge is 0.394 e. The summed E-state index contributed by atoms with van der Waals surface area (Å²) in [5.41, 5.74) is 3.12. The van der Waals surface area contributed by atoms with Gasteiger partial charge in [-0.2, -0.15) is 9.97 Å². The summed E-state index contributed by atoms with van der Waals surface area (Å²) in [6.45, 7) is 3.71. The summed E-state index contributed by atoms with van der Waals surface area (Å²) in [5, 5.41) is 20.8. The molecule has 1 aliphatic rings. The highest BCUT2D eigenvalue weighted by Gasteiger charge is 2.39. The van der Waals surface area contributed by atoms with Gasteiger partial charge in [-0.05, 0) is 43.7 Å². The van der Waals surface area contributed by atoms with Crippen molar-refractivity contribution >= 4 is 17.6 Å². The Balaban J connectivity index is 1.35. The Hall–Kier alpha value is -4.78. The fraction of sp³-hybridized carbons (Fsp3) is 0.241. The van der Waals surface area contributed by atoms with Crippen molar-refractivity contribution in [2.24, 2.45) is 0 Å². The van der Waals surface area contributed by atoms with E-state index in [1.165, 1.54) is 0 Å². The molecule has 41 heavy (non-hydrogen) atoms. The highest BCUT2D eigenvalue weighted by atomic mass is 16.7. The molecular formula is C29H28N8O4. The third kappa shape index (κ3) is 5.35. The maximum atomic E-state index is 10.2. The lowest BCUT2D eigenvalue weighted by molar-refractivity contribution is -0.175. The number of aliphatic hydroxyl groups excluding tert-OH is 1. The molecule has 0 spiro atoms. The van der Waals surface area contributed by atoms with Gasteiger partial charge in [0.1, 0.15) is 22.8 Å². The fourth-order valence-corrected chi connectivity index (χ4v) is 4.63. The molecule has 4 aromatic heterocycles. The SMILES string of the molecule is COC1OC(C)(C)c2nc(Nc3ncc(-c4nc(-c5ccncc5)no4)c(N[C@H](CO)c4ccccc4)n3)ccc21. The number of aliphatic hydroxyl groups is 1. The van der Waals surface area contributed by atoms with Crippen LogP contribution in [0, 0.1) is 0 Å². The number of fused-ring (bicyclic) bond motifs is 1. The molecular weight excluding hydrogens is 524 g/mol. The van der Waals surface area contributed by atoms with Crippen molar-refractivity contribution in [2.45, 2.75) is 31.8 Å². The van der Waals surface area contributed by atoms with Crippen molar-refractivity contribution in [3.63, 3.8) is 0 Å². The zero-order chi connectivity index (χ0) is 28.4. The van der Waals surface area contributed by atoms with Crippen molar-refractivity contribution in [1.82, 2.24) is 30.1 Å². The minimum absolute atomic E-state index is 0.176. The smallest absolute Gasteiger partial charge is 0.263 e. The van der Waals surface area contributed by atoms with E-state index in [-0.39, 0.29) is 18.4 Å². The lowest BCUT2D eigenvalue weighted by Gasteiger charge is -2.19. The van der Waals surface area contributed by atoms with Crippen LogP contribution in [0.1, 0.15) is 43.0 Å². The Morgan fingerprint density at radius 3 is 2.59 bits per heavy atom. The second kappa shape index (κ2) is 11.0. The first kappa shape index (κ1) is 26.4. The van der Waals surface area contributed by atoms with Crippen molar-refractivity contribution in [3.8, 4) is 22.8 Å². The molecule has 1 unspecified atom stereocenters. The first-order chi connectivity index (χ1) is 19.9. The van der Waals surface area contributed by atoms with Gasteiger partial charge in [0.05, 0.1) is 18.3 Å². The molecule has 3 N–H and O–H groups in total. The predicted molar refractivity (Wildman–Crippen MR) is 150 cm³/mol. The summed E-state index contributed by atoms with van der Waals surface area (Å²) in [4.78, 5) is 22.6. The third-order valence-electron chi connectivity index (χ3n) is 6.69. The van der Waals surface area contributed by atoms with Crippen LogP contribution in [0.2, 0.25) is 0 Å². The van der Waals surface area contributed by atoms with E-state index in [0.29, 0.717) is 23.0 Å². The molecule has 1 aliphatic heterocycles. The van der Waals surface area contributed by atoms with Crippen LogP contribution in [0.3, 0.4) is 0 Å². The van der Waals surface area contributed by atoms with Gasteiger partial charge in [-0.15, -0.1) is 0 Å². The van der Waals surface area contributed by atoms with Crippen LogP contribution in [-0.2, 0) is 15.1 Å². The summed E-state index contributed by atoms with van der Waals surface area (Å²) in [5.74, 6) is 1.83. The van der Waals surface area contributed by atoms with Gasteiger partial charge in [0.2, 0.25) is 11.8 Å². The first-order valence-electron chi connectivity index (χ1n) is 13.0. The highest BCUT2D eigenvalue weighted by molar-refractivity contribution is 5.71. The summed E-state index contributed by atoms with van der Waals surface area (Å²) < 4.78 is 17.0. The second-order valence-corrected chi connectivity index (χ2v) is 9.86. The summed E-state index contributed by atoms with van der Waals surface area (Å²) >= 11 is 0. The molecule has 0 amide bonds. The molecule has 12 nitrogen and oxygen atoms in total. The Morgan fingerprint density at radius 1 is 1.02 bits per heavy atom. The summed E-state index contributed by atoms with van der Waals surface area (Å²) in [7, 11) is 1.60. The van der Waals surface area contributed by atoms with E-state index in [0.717, 1.165) is 22.4 Å². The Morgan fingerprint density at radius 2 is 1.83 bits per heavy atom. The van der Waals surface area contributed by atoms with Crippen molar-refractivity contribution in [2.75, 3.05) is 24.4 Å². The standard InChI is InChI=1S/C29H28N8O4/c1-29(2)23-19(27(39-3)40-29)9-10-22(33-23)34-28-31-15-20(26-35-24(37-41-26)18-11-13-30-14-12-18)25(36-28)32-21(16-38)17-7-5-4-6-8-17/h4-15,21,27,38H,16H2,1-3H3,(H2,31,32,33,34,36)/t21-,27?/m1/s1. The maximum Gasteiger partial charge on any atom is 0.263 e. The van der Waals surface area contributed by atoms with Crippen molar-refractivity contribution in [3.05, 3.63) is 90.0 Å². The Kier molecular flexibility index (Phi) is 7.10. The topological polar surface area (TPSA) is 153 Å². The molecule has 6 rings (SSSR count). The number of rotatable bonds is 9. The monoisotopic (exact) mass is 552 g/mol. The molecule has 12 heteroatoms. The predicted octanol–water partition coefficient (Wildman–Crippen LogP) is 4.78. The van der Waals surface area contributed by atoms with Crippen LogP contribution in [0.25, 0.3) is 22.8 Å². The minimum atomic E-state index is -0.625. The molecule has 0 aliphatic carbocycles. The van der Waals surface area contributed by atoms with Gasteiger partial charge in [-0.3, -0.25) is 4.98 Å². The number of ether oxygens (including phenoxy) is 2. The molecule has 0 radical (unpaired) electrons. The molecule has 208 valence electrons. The van der Waals surface area contributed by atoms with Gasteiger partial charge in [-0.1, -0.05) is 35.5 Å². The minimum Gasteiger partial charge on any atom is -0.394 e. The van der Waals surface area contributed by atoms with Gasteiger partial charge in [0.25, 0.3) is 5.89 Å². The normalized spacial score (nSPS) is 16.2. The fourth-order valence-electron chi connectivity index (χ4n) is 4.63. The zero-order valence-electron chi connectivity index (χ0n) is 22.6. The van der Waals surface area contributed by atoms with Crippen LogP contribution in [0.4, 0.5) is 17.6 Å². The molecule has 0 saturated carbocycles. The number of methoxy groups -OCH3 is 1. The molecule has 5 aromatic rings. The zero-order valence-corrected chi connectivity index (χ0v) is 22.6. The van der Waals surface area contributed by atoms with Crippen LogP contribution >= 0.6 is 0 Å². The lowest BCUT2D eigenvalue weighted by Crippen LogP contribution is -2.18. The number of anilines is 3. The second-order valence-electron chi connectivity index (χ2n) is 9.86. The van der Waals surface area contributed by atoms with Crippen molar-refractivity contribution in [1.29, 1.82) is 0 Å². The number of nitrogens with one attached hydrogen (secondary N) is 2. The van der Waals surface area contributed by atoms with E-state index in [9.17, 15) is 5.11 Å². The van der Waals surface area contributed by atoms with E-state index < -0.39 is 17.9 Å². The molecule has 1 aromatic carbocycles. The van der Waals surface area contributed by atoms with Gasteiger partial charge in [0.15, 0.2) is 6.29 Å². The number of pyridine rings is 2. The van der Waals surface area contributed by atoms with E-state index in [1.54, 1.807) is 37.8 Å². The third-order valence-corrected chi connectivity index (χ3v) is 6.69. The van der Waals surface area contributed by atoms with Crippen LogP contribution in [0.15, 0.2) is 77.7 Å². The number of nitrogens with zero attached hydrogens (tertiary/aromatic N) is 6. The van der Waals surface area contributed by atoms with Gasteiger partial charge in [-0.25, -0.2) is 9.97 Å². The van der Waals surface area contributed by atoms with Crippen LogP contribution < -0.4 is 10.6 Å².